The summed E-state index contributed by atoms with van der Waals surface area (Å²) in [5.41, 5.74) is 0. The van der Waals surface area contributed by atoms with Crippen molar-refractivity contribution in [2.75, 3.05) is 18.4 Å². The minimum atomic E-state index is -3.70. The molecule has 0 atom stereocenters. The molecule has 2 heterocycles. The minimum Gasteiger partial charge on any atom is -0.349 e. The highest BCUT2D eigenvalue weighted by Crippen LogP contribution is 2.33. The first kappa shape index (κ1) is 15.5. The number of nitrogens with zero attached hydrogens (tertiary/aromatic N) is 3. The van der Waals surface area contributed by atoms with Crippen molar-refractivity contribution in [2.45, 2.75) is 10.9 Å². The van der Waals surface area contributed by atoms with Crippen LogP contribution in [0.4, 0.5) is 5.95 Å². The Labute approximate surface area is 138 Å². The fourth-order valence-corrected chi connectivity index (χ4v) is 4.76. The molecule has 6 nitrogen and oxygen atoms in total. The second-order valence-corrected chi connectivity index (χ2v) is 7.48. The summed E-state index contributed by atoms with van der Waals surface area (Å²) in [4.78, 5) is 8.04. The molecule has 1 aromatic carbocycles. The van der Waals surface area contributed by atoms with Crippen LogP contribution in [0.2, 0.25) is 10.0 Å². The molecule has 3 rings (SSSR count). The van der Waals surface area contributed by atoms with Crippen LogP contribution in [0.5, 0.6) is 0 Å². The van der Waals surface area contributed by atoms with Gasteiger partial charge in [0, 0.05) is 25.5 Å². The molecule has 22 heavy (non-hydrogen) atoms. The maximum atomic E-state index is 12.6. The highest BCUT2D eigenvalue weighted by Gasteiger charge is 2.39. The fourth-order valence-electron chi connectivity index (χ4n) is 2.14. The molecule has 116 valence electrons. The summed E-state index contributed by atoms with van der Waals surface area (Å²) in [5.74, 6) is 0.473. The first-order valence-electron chi connectivity index (χ1n) is 6.46. The topological polar surface area (TPSA) is 75.2 Å². The second kappa shape index (κ2) is 6.00. The third-order valence-electron chi connectivity index (χ3n) is 3.26. The van der Waals surface area contributed by atoms with Crippen LogP contribution in [-0.2, 0) is 10.0 Å². The normalized spacial score (nSPS) is 16.3. The molecule has 0 aliphatic carbocycles. The van der Waals surface area contributed by atoms with Crippen LogP contribution in [0, 0.1) is 0 Å². The lowest BCUT2D eigenvalue weighted by Gasteiger charge is -2.38. The second-order valence-electron chi connectivity index (χ2n) is 4.79. The molecule has 1 aromatic heterocycles. The van der Waals surface area contributed by atoms with E-state index in [2.05, 4.69) is 15.3 Å². The Morgan fingerprint density at radius 1 is 1.09 bits per heavy atom. The van der Waals surface area contributed by atoms with E-state index < -0.39 is 10.0 Å². The first-order valence-corrected chi connectivity index (χ1v) is 8.66. The highest BCUT2D eigenvalue weighted by molar-refractivity contribution is 7.89. The maximum Gasteiger partial charge on any atom is 0.246 e. The van der Waals surface area contributed by atoms with Crippen LogP contribution < -0.4 is 5.32 Å². The zero-order chi connectivity index (χ0) is 15.7. The standard InChI is InChI=1S/C13H12Cl2N4O2S/c14-10-3-1-4-11(15)12(10)22(20,21)19-7-9(8-19)18-13-16-5-2-6-17-13/h1-6,9H,7-8H2,(H,16,17,18). The molecule has 1 aliphatic rings. The molecule has 0 spiro atoms. The Balaban J connectivity index is 1.72. The third-order valence-corrected chi connectivity index (χ3v) is 6.05. The average Bonchev–Trinajstić information content (AvgIpc) is 2.43. The van der Waals surface area contributed by atoms with Crippen molar-refractivity contribution in [2.24, 2.45) is 0 Å². The van der Waals surface area contributed by atoms with E-state index in [4.69, 9.17) is 23.2 Å². The van der Waals surface area contributed by atoms with Gasteiger partial charge in [0.25, 0.3) is 0 Å². The van der Waals surface area contributed by atoms with Crippen molar-refractivity contribution in [3.8, 4) is 0 Å². The molecule has 0 amide bonds. The van der Waals surface area contributed by atoms with Gasteiger partial charge < -0.3 is 5.32 Å². The van der Waals surface area contributed by atoms with E-state index in [1.165, 1.54) is 16.4 Å². The molecule has 0 radical (unpaired) electrons. The summed E-state index contributed by atoms with van der Waals surface area (Å²) in [6.45, 7) is 0.615. The highest BCUT2D eigenvalue weighted by atomic mass is 35.5. The molecule has 0 saturated carbocycles. The van der Waals surface area contributed by atoms with Crippen molar-refractivity contribution >= 4 is 39.2 Å². The van der Waals surface area contributed by atoms with Crippen LogP contribution in [0.15, 0.2) is 41.6 Å². The molecule has 0 unspecified atom stereocenters. The van der Waals surface area contributed by atoms with E-state index in [-0.39, 0.29) is 21.0 Å². The minimum absolute atomic E-state index is 0.0431. The van der Waals surface area contributed by atoms with Gasteiger partial charge in [0.2, 0.25) is 16.0 Å². The van der Waals surface area contributed by atoms with Gasteiger partial charge in [-0.1, -0.05) is 29.3 Å². The van der Waals surface area contributed by atoms with E-state index in [0.29, 0.717) is 19.0 Å². The SMILES string of the molecule is O=S(=O)(c1c(Cl)cccc1Cl)N1CC(Nc2ncccn2)C1. The molecule has 1 fully saturated rings. The van der Waals surface area contributed by atoms with E-state index >= 15 is 0 Å². The Morgan fingerprint density at radius 3 is 2.27 bits per heavy atom. The predicted octanol–water partition coefficient (Wildman–Crippen LogP) is 2.27. The van der Waals surface area contributed by atoms with Crippen molar-refractivity contribution in [3.63, 3.8) is 0 Å². The number of nitrogens with one attached hydrogen (secondary N) is 1. The number of halogens is 2. The summed E-state index contributed by atoms with van der Waals surface area (Å²) in [5, 5.41) is 3.31. The summed E-state index contributed by atoms with van der Waals surface area (Å²) in [6, 6.07) is 6.29. The summed E-state index contributed by atoms with van der Waals surface area (Å²) in [7, 11) is -3.70. The monoisotopic (exact) mass is 358 g/mol. The number of rotatable bonds is 4. The van der Waals surface area contributed by atoms with Crippen LogP contribution >= 0.6 is 23.2 Å². The predicted molar refractivity (Wildman–Crippen MR) is 84.7 cm³/mol. The molecule has 1 saturated heterocycles. The Morgan fingerprint density at radius 2 is 1.68 bits per heavy atom. The fraction of sp³-hybridized carbons (Fsp3) is 0.231. The number of aromatic nitrogens is 2. The number of sulfonamides is 1. The lowest BCUT2D eigenvalue weighted by atomic mass is 10.2. The molecule has 2 aromatic rings. The maximum absolute atomic E-state index is 12.6. The zero-order valence-electron chi connectivity index (χ0n) is 11.3. The number of benzene rings is 1. The van der Waals surface area contributed by atoms with E-state index in [1.54, 1.807) is 24.5 Å². The van der Waals surface area contributed by atoms with Crippen molar-refractivity contribution in [1.82, 2.24) is 14.3 Å². The molecular formula is C13H12Cl2N4O2S. The Hall–Kier alpha value is -1.41. The first-order chi connectivity index (χ1) is 10.5. The van der Waals surface area contributed by atoms with Gasteiger partial charge >= 0.3 is 0 Å². The van der Waals surface area contributed by atoms with Crippen molar-refractivity contribution in [1.29, 1.82) is 0 Å². The summed E-state index contributed by atoms with van der Waals surface area (Å²) in [6.07, 6.45) is 3.23. The zero-order valence-corrected chi connectivity index (χ0v) is 13.6. The molecule has 0 bridgehead atoms. The summed E-state index contributed by atoms with van der Waals surface area (Å²) >= 11 is 12.0. The summed E-state index contributed by atoms with van der Waals surface area (Å²) < 4.78 is 26.4. The van der Waals surface area contributed by atoms with Gasteiger partial charge in [0.1, 0.15) is 4.90 Å². The van der Waals surface area contributed by atoms with Gasteiger partial charge in [-0.05, 0) is 18.2 Å². The molecule has 9 heteroatoms. The van der Waals surface area contributed by atoms with E-state index in [1.807, 2.05) is 0 Å². The quantitative estimate of drug-likeness (QED) is 0.907. The number of hydrogen-bond donors (Lipinski definition) is 1. The van der Waals surface area contributed by atoms with Gasteiger partial charge in [-0.15, -0.1) is 0 Å². The molecule has 1 aliphatic heterocycles. The van der Waals surface area contributed by atoms with Crippen LogP contribution in [0.25, 0.3) is 0 Å². The van der Waals surface area contributed by atoms with Crippen molar-refractivity contribution in [3.05, 3.63) is 46.7 Å². The van der Waals surface area contributed by atoms with E-state index in [0.717, 1.165) is 0 Å². The van der Waals surface area contributed by atoms with Gasteiger partial charge in [0.05, 0.1) is 16.1 Å². The van der Waals surface area contributed by atoms with Crippen LogP contribution in [0.1, 0.15) is 0 Å². The number of hydrogen-bond acceptors (Lipinski definition) is 5. The van der Waals surface area contributed by atoms with E-state index in [9.17, 15) is 8.42 Å². The van der Waals surface area contributed by atoms with Gasteiger partial charge in [-0.2, -0.15) is 4.31 Å². The largest absolute Gasteiger partial charge is 0.349 e. The van der Waals surface area contributed by atoms with Gasteiger partial charge in [0.15, 0.2) is 0 Å². The average molecular weight is 359 g/mol. The lowest BCUT2D eigenvalue weighted by molar-refractivity contribution is 0.280. The smallest absolute Gasteiger partial charge is 0.246 e. The van der Waals surface area contributed by atoms with Crippen LogP contribution in [0.3, 0.4) is 0 Å². The Bertz CT molecular complexity index is 760. The Kier molecular flexibility index (Phi) is 4.22. The molecular weight excluding hydrogens is 347 g/mol. The third kappa shape index (κ3) is 2.89. The molecule has 1 N–H and O–H groups in total. The van der Waals surface area contributed by atoms with Gasteiger partial charge in [-0.3, -0.25) is 0 Å². The van der Waals surface area contributed by atoms with Crippen molar-refractivity contribution < 1.29 is 8.42 Å². The van der Waals surface area contributed by atoms with Crippen LogP contribution in [-0.4, -0.2) is 41.8 Å². The van der Waals surface area contributed by atoms with Gasteiger partial charge in [-0.25, -0.2) is 18.4 Å². The lowest BCUT2D eigenvalue weighted by Crippen LogP contribution is -2.57. The number of anilines is 1.